The van der Waals surface area contributed by atoms with E-state index in [-0.39, 0.29) is 10.9 Å². The van der Waals surface area contributed by atoms with E-state index in [1.165, 1.54) is 12.1 Å². The molecule has 0 spiro atoms. The second-order valence-electron chi connectivity index (χ2n) is 3.69. The van der Waals surface area contributed by atoms with E-state index < -0.39 is 16.1 Å². The molecule has 2 N–H and O–H groups in total. The van der Waals surface area contributed by atoms with E-state index >= 15 is 0 Å². The van der Waals surface area contributed by atoms with Crippen LogP contribution in [0, 0.1) is 3.57 Å². The summed E-state index contributed by atoms with van der Waals surface area (Å²) in [5.74, 6) is 0. The highest BCUT2D eigenvalue weighted by atomic mass is 127. The van der Waals surface area contributed by atoms with Crippen LogP contribution < -0.4 is 10.0 Å². The molecular formula is C10H13IN2O3S. The minimum absolute atomic E-state index is 0.0665. The van der Waals surface area contributed by atoms with Gasteiger partial charge in [-0.1, -0.05) is 0 Å². The zero-order valence-electron chi connectivity index (χ0n) is 9.40. The molecule has 0 atom stereocenters. The molecule has 17 heavy (non-hydrogen) atoms. The van der Waals surface area contributed by atoms with Gasteiger partial charge in [0.2, 0.25) is 0 Å². The van der Waals surface area contributed by atoms with Crippen LogP contribution in [0.15, 0.2) is 29.2 Å². The number of hydrogen-bond donors (Lipinski definition) is 2. The van der Waals surface area contributed by atoms with E-state index in [0.717, 1.165) is 3.57 Å². The molecule has 1 aromatic carbocycles. The number of rotatable bonds is 3. The lowest BCUT2D eigenvalue weighted by Gasteiger charge is -2.10. The number of urea groups is 1. The third-order valence-corrected chi connectivity index (χ3v) is 3.84. The monoisotopic (exact) mass is 368 g/mol. The topological polar surface area (TPSA) is 75.3 Å². The van der Waals surface area contributed by atoms with E-state index in [0.29, 0.717) is 0 Å². The van der Waals surface area contributed by atoms with Gasteiger partial charge in [-0.05, 0) is 60.7 Å². The Balaban J connectivity index is 2.82. The van der Waals surface area contributed by atoms with E-state index in [1.54, 1.807) is 26.0 Å². The molecule has 0 aliphatic carbocycles. The number of amides is 2. The third-order valence-electron chi connectivity index (χ3n) is 1.77. The summed E-state index contributed by atoms with van der Waals surface area (Å²) in [6.45, 7) is 3.49. The Morgan fingerprint density at radius 2 is 1.76 bits per heavy atom. The highest BCUT2D eigenvalue weighted by molar-refractivity contribution is 14.1. The lowest BCUT2D eigenvalue weighted by atomic mass is 10.4. The number of nitrogens with one attached hydrogen (secondary N) is 2. The SMILES string of the molecule is CC(C)NC(=O)NS(=O)(=O)c1ccc(I)cc1. The van der Waals surface area contributed by atoms with Crippen molar-refractivity contribution in [1.82, 2.24) is 10.0 Å². The maximum Gasteiger partial charge on any atom is 0.328 e. The van der Waals surface area contributed by atoms with Gasteiger partial charge in [-0.25, -0.2) is 17.9 Å². The molecule has 0 heterocycles. The molecule has 94 valence electrons. The lowest BCUT2D eigenvalue weighted by molar-refractivity contribution is 0.243. The van der Waals surface area contributed by atoms with Gasteiger partial charge in [0.15, 0.2) is 0 Å². The van der Waals surface area contributed by atoms with Crippen molar-refractivity contribution in [3.63, 3.8) is 0 Å². The van der Waals surface area contributed by atoms with Crippen molar-refractivity contribution in [3.05, 3.63) is 27.8 Å². The van der Waals surface area contributed by atoms with Crippen LogP contribution >= 0.6 is 22.6 Å². The minimum Gasteiger partial charge on any atom is -0.335 e. The fraction of sp³-hybridized carbons (Fsp3) is 0.300. The van der Waals surface area contributed by atoms with Crippen LogP contribution in [0.2, 0.25) is 0 Å². The molecule has 0 radical (unpaired) electrons. The van der Waals surface area contributed by atoms with Crippen molar-refractivity contribution in [3.8, 4) is 0 Å². The summed E-state index contributed by atoms with van der Waals surface area (Å²) in [7, 11) is -3.79. The molecule has 7 heteroatoms. The molecular weight excluding hydrogens is 355 g/mol. The van der Waals surface area contributed by atoms with Crippen LogP contribution in [0.25, 0.3) is 0 Å². The Kier molecular flexibility index (Phi) is 4.75. The number of carbonyl (C=O) groups is 1. The highest BCUT2D eigenvalue weighted by Gasteiger charge is 2.17. The Morgan fingerprint density at radius 3 is 2.24 bits per heavy atom. The van der Waals surface area contributed by atoms with Gasteiger partial charge >= 0.3 is 6.03 Å². The lowest BCUT2D eigenvalue weighted by Crippen LogP contribution is -2.42. The zero-order valence-corrected chi connectivity index (χ0v) is 12.4. The average Bonchev–Trinajstić information content (AvgIpc) is 2.15. The molecule has 1 aromatic rings. The molecule has 0 aliphatic heterocycles. The van der Waals surface area contributed by atoms with E-state index in [4.69, 9.17) is 0 Å². The van der Waals surface area contributed by atoms with Gasteiger partial charge in [-0.3, -0.25) is 0 Å². The Labute approximate surface area is 114 Å². The predicted octanol–water partition coefficient (Wildman–Crippen LogP) is 1.69. The van der Waals surface area contributed by atoms with Crippen molar-refractivity contribution >= 4 is 38.6 Å². The molecule has 2 amide bonds. The summed E-state index contributed by atoms with van der Waals surface area (Å²) in [6, 6.07) is 5.38. The second kappa shape index (κ2) is 5.67. The van der Waals surface area contributed by atoms with Crippen LogP contribution in [0.1, 0.15) is 13.8 Å². The van der Waals surface area contributed by atoms with Crippen LogP contribution in [-0.4, -0.2) is 20.5 Å². The molecule has 0 fully saturated rings. The number of halogens is 1. The normalized spacial score (nSPS) is 11.3. The summed E-state index contributed by atoms with van der Waals surface area (Å²) in [5.41, 5.74) is 0. The summed E-state index contributed by atoms with van der Waals surface area (Å²) >= 11 is 2.07. The van der Waals surface area contributed by atoms with Crippen LogP contribution in [0.5, 0.6) is 0 Å². The van der Waals surface area contributed by atoms with Gasteiger partial charge in [0.1, 0.15) is 0 Å². The Hall–Kier alpha value is -0.830. The maximum absolute atomic E-state index is 11.8. The Morgan fingerprint density at radius 1 is 1.24 bits per heavy atom. The fourth-order valence-corrected chi connectivity index (χ4v) is 2.36. The standard InChI is InChI=1S/C10H13IN2O3S/c1-7(2)12-10(14)13-17(15,16)9-5-3-8(11)4-6-9/h3-7H,1-2H3,(H2,12,13,14). The highest BCUT2D eigenvalue weighted by Crippen LogP contribution is 2.11. The second-order valence-corrected chi connectivity index (χ2v) is 6.62. The van der Waals surface area contributed by atoms with Crippen molar-refractivity contribution < 1.29 is 13.2 Å². The van der Waals surface area contributed by atoms with Crippen LogP contribution in [0.3, 0.4) is 0 Å². The fourth-order valence-electron chi connectivity index (χ4n) is 1.09. The first-order chi connectivity index (χ1) is 7.81. The van der Waals surface area contributed by atoms with Crippen molar-refractivity contribution in [1.29, 1.82) is 0 Å². The zero-order chi connectivity index (χ0) is 13.1. The molecule has 0 saturated heterocycles. The van der Waals surface area contributed by atoms with E-state index in [9.17, 15) is 13.2 Å². The van der Waals surface area contributed by atoms with Crippen LogP contribution in [-0.2, 0) is 10.0 Å². The summed E-state index contributed by atoms with van der Waals surface area (Å²) < 4.78 is 26.4. The van der Waals surface area contributed by atoms with E-state index in [2.05, 4.69) is 27.9 Å². The molecule has 0 saturated carbocycles. The van der Waals surface area contributed by atoms with Gasteiger partial charge in [0.25, 0.3) is 10.0 Å². The number of hydrogen-bond acceptors (Lipinski definition) is 3. The number of sulfonamides is 1. The van der Waals surface area contributed by atoms with Crippen LogP contribution in [0.4, 0.5) is 4.79 Å². The average molecular weight is 368 g/mol. The van der Waals surface area contributed by atoms with Crippen molar-refractivity contribution in [2.45, 2.75) is 24.8 Å². The largest absolute Gasteiger partial charge is 0.335 e. The minimum atomic E-state index is -3.79. The summed E-state index contributed by atoms with van der Waals surface area (Å²) in [6.07, 6.45) is 0. The first kappa shape index (κ1) is 14.2. The molecule has 0 aromatic heterocycles. The van der Waals surface area contributed by atoms with Gasteiger partial charge in [-0.2, -0.15) is 0 Å². The quantitative estimate of drug-likeness (QED) is 0.798. The summed E-state index contributed by atoms with van der Waals surface area (Å²) in [5, 5.41) is 2.45. The first-order valence-corrected chi connectivity index (χ1v) is 7.46. The molecule has 0 aliphatic rings. The third kappa shape index (κ3) is 4.50. The van der Waals surface area contributed by atoms with Gasteiger partial charge in [0.05, 0.1) is 4.90 Å². The smallest absolute Gasteiger partial charge is 0.328 e. The Bertz CT molecular complexity index is 497. The first-order valence-electron chi connectivity index (χ1n) is 4.90. The molecule has 1 rings (SSSR count). The maximum atomic E-state index is 11.8. The van der Waals surface area contributed by atoms with Crippen molar-refractivity contribution in [2.24, 2.45) is 0 Å². The van der Waals surface area contributed by atoms with Gasteiger partial charge in [0, 0.05) is 9.61 Å². The number of carbonyl (C=O) groups excluding carboxylic acids is 1. The number of benzene rings is 1. The molecule has 0 bridgehead atoms. The van der Waals surface area contributed by atoms with Gasteiger partial charge in [-0.15, -0.1) is 0 Å². The predicted molar refractivity (Wildman–Crippen MR) is 73.1 cm³/mol. The molecule has 5 nitrogen and oxygen atoms in total. The van der Waals surface area contributed by atoms with Gasteiger partial charge < -0.3 is 5.32 Å². The van der Waals surface area contributed by atoms with Crippen molar-refractivity contribution in [2.75, 3.05) is 0 Å². The van der Waals surface area contributed by atoms with E-state index in [1.807, 2.05) is 4.72 Å². The molecule has 0 unspecified atom stereocenters. The summed E-state index contributed by atoms with van der Waals surface area (Å²) in [4.78, 5) is 11.4.